The number of carboxylic acids is 1. The smallest absolute Gasteiger partial charge is 0.309 e. The van der Waals surface area contributed by atoms with Crippen LogP contribution in [0.15, 0.2) is 42.7 Å². The van der Waals surface area contributed by atoms with Crippen LogP contribution >= 0.6 is 0 Å². The molecule has 2 unspecified atom stereocenters. The van der Waals surface area contributed by atoms with Crippen molar-refractivity contribution in [3.8, 4) is 5.69 Å². The van der Waals surface area contributed by atoms with E-state index in [0.717, 1.165) is 11.3 Å². The number of carboxylic acid groups (broad SMARTS) is 1. The molecule has 1 aromatic carbocycles. The molecular weight excluding hydrogens is 322 g/mol. The summed E-state index contributed by atoms with van der Waals surface area (Å²) in [6.07, 6.45) is 4.13. The van der Waals surface area contributed by atoms with Gasteiger partial charge in [0.25, 0.3) is 0 Å². The zero-order chi connectivity index (χ0) is 17.8. The van der Waals surface area contributed by atoms with Gasteiger partial charge in [-0.15, -0.1) is 0 Å². The van der Waals surface area contributed by atoms with Crippen LogP contribution in [0.5, 0.6) is 0 Å². The molecule has 0 saturated carbocycles. The number of carbonyl (C=O) groups is 2. The summed E-state index contributed by atoms with van der Waals surface area (Å²) < 4.78 is 6.74. The van der Waals surface area contributed by atoms with Gasteiger partial charge in [0.1, 0.15) is 0 Å². The molecule has 1 aliphatic heterocycles. The number of hydrogen-bond donors (Lipinski definition) is 1. The SMILES string of the molecule is COCCCN1C(=O)CC(C(=O)O)C1c1cnn(-c2ccccc2)c1. The average molecular weight is 343 g/mol. The zero-order valence-corrected chi connectivity index (χ0v) is 14.0. The molecule has 7 heteroatoms. The third-order valence-electron chi connectivity index (χ3n) is 4.46. The second kappa shape index (κ2) is 7.48. The summed E-state index contributed by atoms with van der Waals surface area (Å²) in [6, 6.07) is 9.07. The molecule has 0 spiro atoms. The minimum absolute atomic E-state index is 0.0174. The Balaban J connectivity index is 1.88. The van der Waals surface area contributed by atoms with E-state index in [4.69, 9.17) is 4.74 Å². The Morgan fingerprint density at radius 1 is 1.36 bits per heavy atom. The highest BCUT2D eigenvalue weighted by molar-refractivity contribution is 5.87. The van der Waals surface area contributed by atoms with Crippen molar-refractivity contribution < 1.29 is 19.4 Å². The van der Waals surface area contributed by atoms with E-state index in [0.29, 0.717) is 19.6 Å². The second-order valence-electron chi connectivity index (χ2n) is 6.08. The Kier molecular flexibility index (Phi) is 5.14. The number of hydrogen-bond acceptors (Lipinski definition) is 4. The molecule has 1 N–H and O–H groups in total. The Morgan fingerprint density at radius 2 is 2.12 bits per heavy atom. The number of para-hydroxylation sites is 1. The van der Waals surface area contributed by atoms with Crippen molar-refractivity contribution in [3.05, 3.63) is 48.3 Å². The van der Waals surface area contributed by atoms with E-state index in [1.807, 2.05) is 30.3 Å². The summed E-state index contributed by atoms with van der Waals surface area (Å²) in [6.45, 7) is 0.995. The molecule has 2 aromatic rings. The number of aromatic nitrogens is 2. The molecule has 7 nitrogen and oxygen atoms in total. The number of amides is 1. The molecule has 0 bridgehead atoms. The van der Waals surface area contributed by atoms with Crippen LogP contribution in [0.4, 0.5) is 0 Å². The molecule has 2 heterocycles. The number of likely N-dealkylation sites (tertiary alicyclic amines) is 1. The molecule has 1 aliphatic rings. The van der Waals surface area contributed by atoms with E-state index < -0.39 is 17.9 Å². The van der Waals surface area contributed by atoms with Crippen molar-refractivity contribution >= 4 is 11.9 Å². The van der Waals surface area contributed by atoms with Gasteiger partial charge in [-0.3, -0.25) is 9.59 Å². The van der Waals surface area contributed by atoms with Crippen LogP contribution in [0.1, 0.15) is 24.4 Å². The quantitative estimate of drug-likeness (QED) is 0.776. The number of ether oxygens (including phenoxy) is 1. The number of methoxy groups -OCH3 is 1. The number of nitrogens with zero attached hydrogens (tertiary/aromatic N) is 3. The van der Waals surface area contributed by atoms with E-state index in [1.165, 1.54) is 0 Å². The summed E-state index contributed by atoms with van der Waals surface area (Å²) in [5.74, 6) is -1.86. The topological polar surface area (TPSA) is 84.7 Å². The Hall–Kier alpha value is -2.67. The van der Waals surface area contributed by atoms with Crippen LogP contribution in [0.25, 0.3) is 5.69 Å². The van der Waals surface area contributed by atoms with Crippen molar-refractivity contribution in [3.63, 3.8) is 0 Å². The first-order valence-electron chi connectivity index (χ1n) is 8.23. The first kappa shape index (κ1) is 17.2. The fourth-order valence-electron chi connectivity index (χ4n) is 3.28. The largest absolute Gasteiger partial charge is 0.481 e. The number of rotatable bonds is 7. The normalized spacial score (nSPS) is 20.2. The minimum Gasteiger partial charge on any atom is -0.481 e. The van der Waals surface area contributed by atoms with Gasteiger partial charge < -0.3 is 14.7 Å². The van der Waals surface area contributed by atoms with Gasteiger partial charge in [-0.25, -0.2) is 4.68 Å². The third-order valence-corrected chi connectivity index (χ3v) is 4.46. The lowest BCUT2D eigenvalue weighted by atomic mass is 9.96. The second-order valence-corrected chi connectivity index (χ2v) is 6.08. The molecule has 132 valence electrons. The van der Waals surface area contributed by atoms with E-state index in [1.54, 1.807) is 29.1 Å². The monoisotopic (exact) mass is 343 g/mol. The number of aliphatic carboxylic acids is 1. The summed E-state index contributed by atoms with van der Waals surface area (Å²) in [7, 11) is 1.60. The highest BCUT2D eigenvalue weighted by Gasteiger charge is 2.44. The van der Waals surface area contributed by atoms with Gasteiger partial charge in [-0.2, -0.15) is 5.10 Å². The molecule has 1 saturated heterocycles. The van der Waals surface area contributed by atoms with Crippen LogP contribution in [0, 0.1) is 5.92 Å². The lowest BCUT2D eigenvalue weighted by molar-refractivity contribution is -0.142. The molecule has 1 aromatic heterocycles. The minimum atomic E-state index is -0.958. The highest BCUT2D eigenvalue weighted by atomic mass is 16.5. The van der Waals surface area contributed by atoms with E-state index in [2.05, 4.69) is 5.10 Å². The summed E-state index contributed by atoms with van der Waals surface area (Å²) in [4.78, 5) is 25.6. The zero-order valence-electron chi connectivity index (χ0n) is 14.0. The van der Waals surface area contributed by atoms with Crippen molar-refractivity contribution in [1.82, 2.24) is 14.7 Å². The van der Waals surface area contributed by atoms with Crippen molar-refractivity contribution in [2.24, 2.45) is 5.92 Å². The van der Waals surface area contributed by atoms with Gasteiger partial charge in [-0.05, 0) is 18.6 Å². The fourth-order valence-corrected chi connectivity index (χ4v) is 3.28. The van der Waals surface area contributed by atoms with Crippen molar-refractivity contribution in [2.75, 3.05) is 20.3 Å². The maximum atomic E-state index is 12.3. The van der Waals surface area contributed by atoms with Crippen LogP contribution < -0.4 is 0 Å². The molecular formula is C18H21N3O4. The van der Waals surface area contributed by atoms with Crippen LogP contribution in [-0.4, -0.2) is 51.9 Å². The van der Waals surface area contributed by atoms with Crippen molar-refractivity contribution in [2.45, 2.75) is 18.9 Å². The van der Waals surface area contributed by atoms with Crippen LogP contribution in [0.2, 0.25) is 0 Å². The molecule has 1 amide bonds. The first-order chi connectivity index (χ1) is 12.1. The molecule has 2 atom stereocenters. The average Bonchev–Trinajstić information content (AvgIpc) is 3.21. The Labute approximate surface area is 145 Å². The van der Waals surface area contributed by atoms with E-state index in [-0.39, 0.29) is 12.3 Å². The predicted molar refractivity (Wildman–Crippen MR) is 90.3 cm³/mol. The molecule has 0 radical (unpaired) electrons. The summed E-state index contributed by atoms with van der Waals surface area (Å²) >= 11 is 0. The van der Waals surface area contributed by atoms with Gasteiger partial charge in [-0.1, -0.05) is 18.2 Å². The van der Waals surface area contributed by atoms with E-state index in [9.17, 15) is 14.7 Å². The maximum Gasteiger partial charge on any atom is 0.309 e. The maximum absolute atomic E-state index is 12.3. The summed E-state index contributed by atoms with van der Waals surface area (Å²) in [5, 5.41) is 13.9. The van der Waals surface area contributed by atoms with Gasteiger partial charge in [0.05, 0.1) is 23.8 Å². The van der Waals surface area contributed by atoms with Gasteiger partial charge in [0, 0.05) is 38.4 Å². The van der Waals surface area contributed by atoms with Crippen LogP contribution in [-0.2, 0) is 14.3 Å². The fraction of sp³-hybridized carbons (Fsp3) is 0.389. The molecule has 25 heavy (non-hydrogen) atoms. The van der Waals surface area contributed by atoms with E-state index >= 15 is 0 Å². The van der Waals surface area contributed by atoms with Gasteiger partial charge >= 0.3 is 5.97 Å². The van der Waals surface area contributed by atoms with Crippen LogP contribution in [0.3, 0.4) is 0 Å². The summed E-state index contributed by atoms with van der Waals surface area (Å²) in [5.41, 5.74) is 1.62. The Morgan fingerprint density at radius 3 is 2.80 bits per heavy atom. The predicted octanol–water partition coefficient (Wildman–Crippen LogP) is 1.88. The number of carbonyl (C=O) groups excluding carboxylic acids is 1. The van der Waals surface area contributed by atoms with Crippen molar-refractivity contribution in [1.29, 1.82) is 0 Å². The molecule has 1 fully saturated rings. The Bertz CT molecular complexity index is 744. The van der Waals surface area contributed by atoms with Gasteiger partial charge in [0.2, 0.25) is 5.91 Å². The molecule has 3 rings (SSSR count). The lowest BCUT2D eigenvalue weighted by Crippen LogP contribution is -2.31. The first-order valence-corrected chi connectivity index (χ1v) is 8.23. The number of benzene rings is 1. The third kappa shape index (κ3) is 3.56. The van der Waals surface area contributed by atoms with Gasteiger partial charge in [0.15, 0.2) is 0 Å². The lowest BCUT2D eigenvalue weighted by Gasteiger charge is -2.26. The highest BCUT2D eigenvalue weighted by Crippen LogP contribution is 2.38. The molecule has 0 aliphatic carbocycles. The standard InChI is InChI=1S/C18H21N3O4/c1-25-9-5-8-20-16(22)10-15(18(23)24)17(20)13-11-19-21(12-13)14-6-3-2-4-7-14/h2-4,6-7,11-12,15,17H,5,8-10H2,1H3,(H,23,24).